The van der Waals surface area contributed by atoms with Gasteiger partial charge in [0.2, 0.25) is 5.91 Å². The number of rotatable bonds is 4. The van der Waals surface area contributed by atoms with Crippen molar-refractivity contribution in [2.45, 2.75) is 140 Å². The summed E-state index contributed by atoms with van der Waals surface area (Å²) in [4.78, 5) is 42.1. The number of ether oxygens (including phenoxy) is 10. The zero-order chi connectivity index (χ0) is 33.6. The molecule has 0 aromatic rings. The van der Waals surface area contributed by atoms with Gasteiger partial charge in [-0.15, -0.1) is 0 Å². The minimum Gasteiger partial charge on any atom is -0.461 e. The first kappa shape index (κ1) is 35.0. The summed E-state index contributed by atoms with van der Waals surface area (Å²) in [5.41, 5.74) is -0.828. The Morgan fingerprint density at radius 2 is 1.41 bits per heavy atom. The number of nitrogens with one attached hydrogen (secondary N) is 1. The molecule has 15 nitrogen and oxygen atoms in total. The van der Waals surface area contributed by atoms with Gasteiger partial charge in [0.25, 0.3) is 0 Å². The molecule has 46 heavy (non-hydrogen) atoms. The zero-order valence-corrected chi connectivity index (χ0v) is 28.0. The third kappa shape index (κ3) is 7.67. The van der Waals surface area contributed by atoms with Crippen LogP contribution in [0.1, 0.15) is 61.3 Å². The highest BCUT2D eigenvalue weighted by Crippen LogP contribution is 2.42. The highest BCUT2D eigenvalue weighted by Gasteiger charge is 2.59. The van der Waals surface area contributed by atoms with Crippen LogP contribution in [0.25, 0.3) is 0 Å². The lowest BCUT2D eigenvalue weighted by molar-refractivity contribution is -0.223. The van der Waals surface area contributed by atoms with E-state index in [1.54, 1.807) is 60.6 Å². The van der Waals surface area contributed by atoms with E-state index in [0.29, 0.717) is 0 Å². The Bertz CT molecular complexity index is 1170. The first-order chi connectivity index (χ1) is 21.5. The van der Waals surface area contributed by atoms with Crippen molar-refractivity contribution < 1.29 is 61.8 Å². The van der Waals surface area contributed by atoms with Crippen LogP contribution in [0.2, 0.25) is 0 Å². The minimum atomic E-state index is -0.910. The highest BCUT2D eigenvalue weighted by atomic mass is 16.9. The lowest BCUT2D eigenvalue weighted by Gasteiger charge is -2.38. The van der Waals surface area contributed by atoms with Crippen LogP contribution in [0.15, 0.2) is 12.2 Å². The maximum absolute atomic E-state index is 14.0. The second kappa shape index (κ2) is 13.3. The molecule has 5 heterocycles. The maximum atomic E-state index is 14.0. The molecule has 0 unspecified atom stereocenters. The molecular formula is C31H48N2O13. The van der Waals surface area contributed by atoms with Crippen LogP contribution in [0.3, 0.4) is 0 Å². The fourth-order valence-electron chi connectivity index (χ4n) is 6.59. The van der Waals surface area contributed by atoms with Gasteiger partial charge in [0.15, 0.2) is 24.2 Å². The summed E-state index contributed by atoms with van der Waals surface area (Å²) in [6.45, 7) is 12.3. The Hall–Kier alpha value is -2.37. The predicted octanol–water partition coefficient (Wildman–Crippen LogP) is 1.75. The van der Waals surface area contributed by atoms with E-state index in [9.17, 15) is 14.4 Å². The standard InChI is InChI=1S/C31H48N2O13/c1-29(2,3)46-28(36)33-12-10-11-13-39-19(35)14-16(20-22(37-8)24-26(40-20)44-30(4,5)42-24)32-18(34)15-17(33)21-23(38-9)25-27(41-21)45-31(6,7)43-25/h10-11,16-17,20-27H,12-15H2,1-9H3,(H,32,34)/b11-10+/t16-,17-,20+,21+,22-,23-,24+,25+,26+,27+/m0/s1. The highest BCUT2D eigenvalue weighted by molar-refractivity contribution is 5.79. The first-order valence-corrected chi connectivity index (χ1v) is 15.7. The average Bonchev–Trinajstić information content (AvgIpc) is 3.61. The van der Waals surface area contributed by atoms with Gasteiger partial charge in [-0.3, -0.25) is 14.5 Å². The Morgan fingerprint density at radius 3 is 1.98 bits per heavy atom. The summed E-state index contributed by atoms with van der Waals surface area (Å²) < 4.78 is 59.3. The van der Waals surface area contributed by atoms with Crippen LogP contribution >= 0.6 is 0 Å². The van der Waals surface area contributed by atoms with Gasteiger partial charge in [-0.1, -0.05) is 6.08 Å². The molecule has 5 aliphatic rings. The number of fused-ring (bicyclic) bond motifs is 2. The van der Waals surface area contributed by atoms with Crippen LogP contribution in [-0.2, 0) is 57.0 Å². The number of carbonyl (C=O) groups excluding carboxylic acids is 3. The van der Waals surface area contributed by atoms with Crippen molar-refractivity contribution in [1.82, 2.24) is 10.2 Å². The summed E-state index contributed by atoms with van der Waals surface area (Å²) >= 11 is 0. The molecule has 0 aromatic heterocycles. The molecule has 5 rings (SSSR count). The zero-order valence-electron chi connectivity index (χ0n) is 28.0. The number of nitrogens with zero attached hydrogens (tertiary/aromatic N) is 1. The van der Waals surface area contributed by atoms with E-state index in [0.717, 1.165) is 0 Å². The molecule has 4 saturated heterocycles. The van der Waals surface area contributed by atoms with Crippen LogP contribution in [0, 0.1) is 0 Å². The number of cyclic esters (lactones) is 1. The number of esters is 1. The van der Waals surface area contributed by atoms with Crippen molar-refractivity contribution >= 4 is 18.0 Å². The second-order valence-electron chi connectivity index (χ2n) is 14.0. The van der Waals surface area contributed by atoms with Crippen LogP contribution < -0.4 is 5.32 Å². The Kier molecular flexibility index (Phi) is 10.1. The molecule has 2 amide bonds. The van der Waals surface area contributed by atoms with Gasteiger partial charge in [0.1, 0.15) is 48.8 Å². The molecule has 10 atom stereocenters. The number of amides is 2. The third-order valence-corrected chi connectivity index (χ3v) is 8.34. The van der Waals surface area contributed by atoms with Gasteiger partial charge in [0, 0.05) is 27.2 Å². The molecule has 0 radical (unpaired) electrons. The lowest BCUT2D eigenvalue weighted by atomic mass is 9.97. The maximum Gasteiger partial charge on any atom is 0.410 e. The fraction of sp³-hybridized carbons (Fsp3) is 0.839. The van der Waals surface area contributed by atoms with E-state index in [2.05, 4.69) is 5.32 Å². The van der Waals surface area contributed by atoms with Gasteiger partial charge in [-0.05, 0) is 54.5 Å². The summed E-state index contributed by atoms with van der Waals surface area (Å²) in [5, 5.41) is 2.95. The molecule has 0 aromatic carbocycles. The fourth-order valence-corrected chi connectivity index (χ4v) is 6.59. The van der Waals surface area contributed by atoms with Gasteiger partial charge in [0.05, 0.1) is 18.5 Å². The molecule has 260 valence electrons. The molecule has 0 saturated carbocycles. The molecule has 1 N–H and O–H groups in total. The van der Waals surface area contributed by atoms with E-state index >= 15 is 0 Å². The molecule has 4 fully saturated rings. The summed E-state index contributed by atoms with van der Waals surface area (Å²) in [6.07, 6.45) is -3.59. The predicted molar refractivity (Wildman–Crippen MR) is 157 cm³/mol. The van der Waals surface area contributed by atoms with E-state index in [4.69, 9.17) is 47.4 Å². The molecular weight excluding hydrogens is 608 g/mol. The normalized spacial score (nSPS) is 40.2. The SMILES string of the molecule is CO[C@@H]1[C@H]2OC(C)(C)O[C@H]2O[C@@H]1[C@@H]1CC(=O)OC/C=C/CN(C(=O)OC(C)(C)C)[C@H]([C@H]2O[C@@H]3OC(C)(C)O[C@@H]3[C@H]2OC)CC(=O)N1. The lowest BCUT2D eigenvalue weighted by Crippen LogP contribution is -2.56. The molecule has 0 aliphatic carbocycles. The Labute approximate surface area is 269 Å². The molecule has 0 bridgehead atoms. The van der Waals surface area contributed by atoms with Crippen LogP contribution in [-0.4, -0.2) is 129 Å². The largest absolute Gasteiger partial charge is 0.461 e. The van der Waals surface area contributed by atoms with Crippen LogP contribution in [0.5, 0.6) is 0 Å². The van der Waals surface area contributed by atoms with Crippen LogP contribution in [0.4, 0.5) is 4.79 Å². The molecule has 5 aliphatic heterocycles. The van der Waals surface area contributed by atoms with Crippen molar-refractivity contribution in [1.29, 1.82) is 0 Å². The van der Waals surface area contributed by atoms with Gasteiger partial charge < -0.3 is 52.7 Å². The van der Waals surface area contributed by atoms with Crippen molar-refractivity contribution in [3.8, 4) is 0 Å². The van der Waals surface area contributed by atoms with Gasteiger partial charge in [-0.2, -0.15) is 0 Å². The third-order valence-electron chi connectivity index (χ3n) is 8.34. The van der Waals surface area contributed by atoms with Crippen molar-refractivity contribution in [3.63, 3.8) is 0 Å². The van der Waals surface area contributed by atoms with Gasteiger partial charge in [-0.25, -0.2) is 4.79 Å². The van der Waals surface area contributed by atoms with Crippen molar-refractivity contribution in [2.75, 3.05) is 27.4 Å². The number of carbonyl (C=O) groups is 3. The second-order valence-corrected chi connectivity index (χ2v) is 14.0. The summed E-state index contributed by atoms with van der Waals surface area (Å²) in [7, 11) is 3.01. The van der Waals surface area contributed by atoms with E-state index in [-0.39, 0.29) is 26.0 Å². The number of hydrogen-bond donors (Lipinski definition) is 1. The molecule has 15 heteroatoms. The number of methoxy groups -OCH3 is 2. The smallest absolute Gasteiger partial charge is 0.410 e. The monoisotopic (exact) mass is 656 g/mol. The number of hydrogen-bond acceptors (Lipinski definition) is 13. The summed E-state index contributed by atoms with van der Waals surface area (Å²) in [6, 6.07) is -1.79. The van der Waals surface area contributed by atoms with Gasteiger partial charge >= 0.3 is 12.1 Å². The molecule has 0 spiro atoms. The first-order valence-electron chi connectivity index (χ1n) is 15.7. The topological polar surface area (TPSA) is 159 Å². The quantitative estimate of drug-likeness (QED) is 0.345. The van der Waals surface area contributed by atoms with E-state index < -0.39 is 96.4 Å². The van der Waals surface area contributed by atoms with Crippen molar-refractivity contribution in [2.24, 2.45) is 0 Å². The summed E-state index contributed by atoms with van der Waals surface area (Å²) in [5.74, 6) is -2.85. The minimum absolute atomic E-state index is 0.0258. The van der Waals surface area contributed by atoms with E-state index in [1.807, 2.05) is 0 Å². The van der Waals surface area contributed by atoms with E-state index in [1.165, 1.54) is 19.1 Å². The Balaban J connectivity index is 1.45. The average molecular weight is 657 g/mol. The van der Waals surface area contributed by atoms with Crippen molar-refractivity contribution in [3.05, 3.63) is 12.2 Å². The Morgan fingerprint density at radius 1 is 0.848 bits per heavy atom.